The molecule has 0 atom stereocenters. The molecule has 0 unspecified atom stereocenters. The Kier molecular flexibility index (Phi) is 5.64. The number of amides is 1. The number of hydrogen-bond acceptors (Lipinski definition) is 5. The Morgan fingerprint density at radius 1 is 1.25 bits per heavy atom. The Bertz CT molecular complexity index is 807. The lowest BCUT2D eigenvalue weighted by atomic mass is 10.2. The number of aryl methyl sites for hydroxylation is 1. The number of carbonyl (C=O) groups is 2. The molecule has 0 aliphatic heterocycles. The molecule has 0 aliphatic rings. The maximum atomic E-state index is 11.8. The largest absolute Gasteiger partial charge is 0.452 e. The molecule has 0 radical (unpaired) electrons. The van der Waals surface area contributed by atoms with Crippen LogP contribution in [0.25, 0.3) is 0 Å². The quantitative estimate of drug-likeness (QED) is 0.477. The normalized spacial score (nSPS) is 10.1. The zero-order valence-corrected chi connectivity index (χ0v) is 14.2. The van der Waals surface area contributed by atoms with Gasteiger partial charge in [0.15, 0.2) is 6.61 Å². The number of esters is 1. The number of anilines is 1. The van der Waals surface area contributed by atoms with Gasteiger partial charge in [-0.25, -0.2) is 4.79 Å². The molecule has 0 fully saturated rings. The van der Waals surface area contributed by atoms with E-state index in [1.807, 2.05) is 13.0 Å². The van der Waals surface area contributed by atoms with Crippen LogP contribution in [-0.4, -0.2) is 23.4 Å². The molecule has 1 N–H and O–H groups in total. The zero-order valence-electron chi connectivity index (χ0n) is 12.6. The van der Waals surface area contributed by atoms with E-state index in [9.17, 15) is 19.7 Å². The van der Waals surface area contributed by atoms with Crippen molar-refractivity contribution >= 4 is 39.2 Å². The summed E-state index contributed by atoms with van der Waals surface area (Å²) in [5.74, 6) is -1.32. The average Bonchev–Trinajstić information content (AvgIpc) is 2.56. The number of carbonyl (C=O) groups excluding carboxylic acids is 2. The molecule has 24 heavy (non-hydrogen) atoms. The summed E-state index contributed by atoms with van der Waals surface area (Å²) in [5, 5.41) is 13.3. The highest BCUT2D eigenvalue weighted by atomic mass is 79.9. The number of nitrogens with one attached hydrogen (secondary N) is 1. The molecule has 0 spiro atoms. The fourth-order valence-corrected chi connectivity index (χ4v) is 2.21. The first-order chi connectivity index (χ1) is 11.4. The lowest BCUT2D eigenvalue weighted by Crippen LogP contribution is -2.21. The Morgan fingerprint density at radius 3 is 2.67 bits per heavy atom. The first-order valence-electron chi connectivity index (χ1n) is 6.84. The summed E-state index contributed by atoms with van der Waals surface area (Å²) in [4.78, 5) is 33.7. The Balaban J connectivity index is 1.93. The highest BCUT2D eigenvalue weighted by Gasteiger charge is 2.14. The monoisotopic (exact) mass is 392 g/mol. The number of nitro benzene ring substituents is 1. The van der Waals surface area contributed by atoms with Gasteiger partial charge in [-0.05, 0) is 30.7 Å². The van der Waals surface area contributed by atoms with E-state index in [0.29, 0.717) is 5.69 Å². The second-order valence-corrected chi connectivity index (χ2v) is 5.75. The minimum atomic E-state index is -0.807. The summed E-state index contributed by atoms with van der Waals surface area (Å²) < 4.78 is 5.71. The second kappa shape index (κ2) is 7.69. The van der Waals surface area contributed by atoms with Gasteiger partial charge >= 0.3 is 5.97 Å². The minimum Gasteiger partial charge on any atom is -0.452 e. The van der Waals surface area contributed by atoms with Gasteiger partial charge in [-0.1, -0.05) is 28.1 Å². The van der Waals surface area contributed by atoms with E-state index < -0.39 is 23.4 Å². The predicted octanol–water partition coefficient (Wildman–Crippen LogP) is 3.46. The number of halogens is 1. The summed E-state index contributed by atoms with van der Waals surface area (Å²) in [6.07, 6.45) is 0. The van der Waals surface area contributed by atoms with Crippen molar-refractivity contribution < 1.29 is 19.2 Å². The number of ether oxygens (including phenoxy) is 1. The van der Waals surface area contributed by atoms with E-state index in [0.717, 1.165) is 16.1 Å². The topological polar surface area (TPSA) is 98.5 Å². The fraction of sp³-hybridized carbons (Fsp3) is 0.125. The van der Waals surface area contributed by atoms with Crippen LogP contribution in [0, 0.1) is 17.0 Å². The average molecular weight is 393 g/mol. The third-order valence-corrected chi connectivity index (χ3v) is 3.94. The molecule has 2 aromatic rings. The Hall–Kier alpha value is -2.74. The van der Waals surface area contributed by atoms with E-state index in [-0.39, 0.29) is 11.3 Å². The molecular formula is C16H13BrN2O5. The molecular weight excluding hydrogens is 380 g/mol. The first-order valence-corrected chi connectivity index (χ1v) is 7.63. The van der Waals surface area contributed by atoms with Crippen molar-refractivity contribution in [1.82, 2.24) is 0 Å². The molecule has 7 nitrogen and oxygen atoms in total. The summed E-state index contributed by atoms with van der Waals surface area (Å²) in [6, 6.07) is 10.4. The third kappa shape index (κ3) is 4.63. The fourth-order valence-electron chi connectivity index (χ4n) is 1.83. The van der Waals surface area contributed by atoms with Crippen LogP contribution < -0.4 is 5.32 Å². The van der Waals surface area contributed by atoms with Crippen molar-refractivity contribution in [2.45, 2.75) is 6.92 Å². The highest BCUT2D eigenvalue weighted by molar-refractivity contribution is 9.10. The van der Waals surface area contributed by atoms with E-state index in [1.54, 1.807) is 12.1 Å². The second-order valence-electron chi connectivity index (χ2n) is 4.90. The van der Waals surface area contributed by atoms with Gasteiger partial charge < -0.3 is 10.1 Å². The molecule has 0 saturated carbocycles. The van der Waals surface area contributed by atoms with Crippen molar-refractivity contribution in [2.75, 3.05) is 11.9 Å². The number of nitro groups is 1. The standard InChI is InChI=1S/C16H13BrN2O5/c1-10-5-6-12(8-14(10)17)18-15(20)9-24-16(21)11-3-2-4-13(7-11)19(22)23/h2-8H,9H2,1H3,(H,18,20). The minimum absolute atomic E-state index is 0.00933. The molecule has 0 aliphatic carbocycles. The maximum absolute atomic E-state index is 11.8. The summed E-state index contributed by atoms with van der Waals surface area (Å²) in [6.45, 7) is 1.42. The lowest BCUT2D eigenvalue weighted by Gasteiger charge is -2.08. The lowest BCUT2D eigenvalue weighted by molar-refractivity contribution is -0.384. The molecule has 2 aromatic carbocycles. The maximum Gasteiger partial charge on any atom is 0.338 e. The van der Waals surface area contributed by atoms with E-state index >= 15 is 0 Å². The van der Waals surface area contributed by atoms with Gasteiger partial charge in [0.05, 0.1) is 10.5 Å². The van der Waals surface area contributed by atoms with Crippen LogP contribution in [0.15, 0.2) is 46.9 Å². The summed E-state index contributed by atoms with van der Waals surface area (Å²) in [7, 11) is 0. The van der Waals surface area contributed by atoms with Crippen molar-refractivity contribution in [3.8, 4) is 0 Å². The van der Waals surface area contributed by atoms with E-state index in [4.69, 9.17) is 4.74 Å². The number of non-ortho nitro benzene ring substituents is 1. The van der Waals surface area contributed by atoms with Gasteiger partial charge in [-0.15, -0.1) is 0 Å². The smallest absolute Gasteiger partial charge is 0.338 e. The predicted molar refractivity (Wildman–Crippen MR) is 90.9 cm³/mol. The first kappa shape index (κ1) is 17.6. The van der Waals surface area contributed by atoms with Gasteiger partial charge in [0.1, 0.15) is 0 Å². The molecule has 0 heterocycles. The third-order valence-electron chi connectivity index (χ3n) is 3.08. The van der Waals surface area contributed by atoms with Gasteiger partial charge in [0.2, 0.25) is 0 Å². The van der Waals surface area contributed by atoms with Crippen molar-refractivity contribution in [2.24, 2.45) is 0 Å². The van der Waals surface area contributed by atoms with Gasteiger partial charge in [0, 0.05) is 22.3 Å². The van der Waals surface area contributed by atoms with Crippen LogP contribution in [-0.2, 0) is 9.53 Å². The molecule has 0 saturated heterocycles. The molecule has 1 amide bonds. The van der Waals surface area contributed by atoms with Crippen LogP contribution in [0.1, 0.15) is 15.9 Å². The van der Waals surface area contributed by atoms with Gasteiger partial charge in [-0.3, -0.25) is 14.9 Å². The molecule has 2 rings (SSSR count). The SMILES string of the molecule is Cc1ccc(NC(=O)COC(=O)c2cccc([N+](=O)[O-])c2)cc1Br. The number of hydrogen-bond donors (Lipinski definition) is 1. The van der Waals surface area contributed by atoms with Crippen LogP contribution in [0.5, 0.6) is 0 Å². The van der Waals surface area contributed by atoms with Gasteiger partial charge in [0.25, 0.3) is 11.6 Å². The van der Waals surface area contributed by atoms with Crippen molar-refractivity contribution in [3.05, 3.63) is 68.2 Å². The summed E-state index contributed by atoms with van der Waals surface area (Å²) in [5.41, 5.74) is 1.36. The summed E-state index contributed by atoms with van der Waals surface area (Å²) >= 11 is 3.36. The van der Waals surface area contributed by atoms with Gasteiger partial charge in [-0.2, -0.15) is 0 Å². The van der Waals surface area contributed by atoms with E-state index in [1.165, 1.54) is 18.2 Å². The van der Waals surface area contributed by atoms with Crippen molar-refractivity contribution in [1.29, 1.82) is 0 Å². The number of rotatable bonds is 5. The zero-order chi connectivity index (χ0) is 17.7. The van der Waals surface area contributed by atoms with Crippen LogP contribution in [0.4, 0.5) is 11.4 Å². The highest BCUT2D eigenvalue weighted by Crippen LogP contribution is 2.20. The molecule has 0 bridgehead atoms. The Morgan fingerprint density at radius 2 is 2.00 bits per heavy atom. The van der Waals surface area contributed by atoms with Crippen LogP contribution >= 0.6 is 15.9 Å². The van der Waals surface area contributed by atoms with E-state index in [2.05, 4.69) is 21.2 Å². The molecule has 8 heteroatoms. The van der Waals surface area contributed by atoms with Crippen LogP contribution in [0.3, 0.4) is 0 Å². The number of nitrogens with zero attached hydrogens (tertiary/aromatic N) is 1. The van der Waals surface area contributed by atoms with Crippen molar-refractivity contribution in [3.63, 3.8) is 0 Å². The molecule has 0 aromatic heterocycles. The Labute approximate surface area is 145 Å². The number of benzene rings is 2. The molecule has 124 valence electrons. The van der Waals surface area contributed by atoms with Crippen LogP contribution in [0.2, 0.25) is 0 Å².